The van der Waals surface area contributed by atoms with Crippen LogP contribution < -0.4 is 0 Å². The Kier molecular flexibility index (Phi) is 7.33. The van der Waals surface area contributed by atoms with Gasteiger partial charge in [-0.05, 0) is 71.8 Å². The molecule has 1 nitrogen and oxygen atoms in total. The fourth-order valence-electron chi connectivity index (χ4n) is 3.96. The molecule has 1 aliphatic rings. The van der Waals surface area contributed by atoms with Gasteiger partial charge >= 0.3 is 0 Å². The minimum atomic E-state index is 0.369. The summed E-state index contributed by atoms with van der Waals surface area (Å²) in [4.78, 5) is 1.25. The second kappa shape index (κ2) is 9.93. The summed E-state index contributed by atoms with van der Waals surface area (Å²) in [6, 6.07) is 19.5. The Hall–Kier alpha value is -2.32. The molecular weight excluding hydrogens is 370 g/mol. The summed E-state index contributed by atoms with van der Waals surface area (Å²) in [5, 5.41) is 8.88. The van der Waals surface area contributed by atoms with E-state index >= 15 is 0 Å². The molecule has 3 rings (SSSR count). The average molecular weight is 402 g/mol. The van der Waals surface area contributed by atoms with Crippen LogP contribution in [0.15, 0.2) is 88.9 Å². The van der Waals surface area contributed by atoms with Gasteiger partial charge in [-0.15, -0.1) is 11.8 Å². The van der Waals surface area contributed by atoms with E-state index in [0.717, 1.165) is 36.3 Å². The van der Waals surface area contributed by atoms with Crippen molar-refractivity contribution in [3.05, 3.63) is 106 Å². The van der Waals surface area contributed by atoms with Gasteiger partial charge in [-0.2, -0.15) is 0 Å². The lowest BCUT2D eigenvalue weighted by Gasteiger charge is -2.30. The predicted octanol–water partition coefficient (Wildman–Crippen LogP) is 7.86. The van der Waals surface area contributed by atoms with Crippen LogP contribution in [-0.2, 0) is 12.2 Å². The highest BCUT2D eigenvalue weighted by molar-refractivity contribution is 8.02. The first-order chi connectivity index (χ1) is 14.0. The minimum Gasteiger partial charge on any atom is -0.305 e. The van der Waals surface area contributed by atoms with Crippen LogP contribution in [0.3, 0.4) is 0 Å². The van der Waals surface area contributed by atoms with E-state index in [1.807, 2.05) is 17.8 Å². The number of aryl methyl sites for hydroxylation is 1. The van der Waals surface area contributed by atoms with E-state index in [2.05, 4.69) is 81.9 Å². The third-order valence-electron chi connectivity index (χ3n) is 5.80. The fourth-order valence-corrected chi connectivity index (χ4v) is 4.92. The molecule has 2 heteroatoms. The monoisotopic (exact) mass is 401 g/mol. The van der Waals surface area contributed by atoms with Crippen LogP contribution in [0.2, 0.25) is 0 Å². The van der Waals surface area contributed by atoms with Crippen molar-refractivity contribution in [1.82, 2.24) is 0 Å². The number of hydrogen-bond donors (Lipinski definition) is 1. The van der Waals surface area contributed by atoms with Gasteiger partial charge < -0.3 is 5.41 Å². The summed E-state index contributed by atoms with van der Waals surface area (Å²) in [7, 11) is 0. The Balaban J connectivity index is 1.87. The number of benzene rings is 2. The normalized spacial score (nSPS) is 20.4. The molecule has 1 fully saturated rings. The molecule has 1 unspecified atom stereocenters. The highest BCUT2D eigenvalue weighted by atomic mass is 32.2. The molecule has 0 bridgehead atoms. The summed E-state index contributed by atoms with van der Waals surface area (Å²) < 4.78 is 0. The third-order valence-corrected chi connectivity index (χ3v) is 6.91. The van der Waals surface area contributed by atoms with Crippen molar-refractivity contribution in [2.45, 2.75) is 51.7 Å². The molecule has 0 radical (unpaired) electrons. The summed E-state index contributed by atoms with van der Waals surface area (Å²) in [6.07, 6.45) is 4.79. The first-order valence-corrected chi connectivity index (χ1v) is 11.4. The standard InChI is InChI=1S/C27H31NS/c1-5-19(3)25-16-24(23-14-12-21(6-2)13-15-23)17-26(28)27(25)20(4)29-18-22-10-8-7-9-11-22/h5,7-15,24,28H,1,6,16-18H2,2-4H3/b25-19+,27-20-,28-26?. The highest BCUT2D eigenvalue weighted by Gasteiger charge is 2.28. The van der Waals surface area contributed by atoms with Gasteiger partial charge in [0.15, 0.2) is 0 Å². The van der Waals surface area contributed by atoms with Crippen molar-refractivity contribution in [3.63, 3.8) is 0 Å². The van der Waals surface area contributed by atoms with Crippen molar-refractivity contribution in [3.8, 4) is 0 Å². The fraction of sp³-hybridized carbons (Fsp3) is 0.296. The zero-order valence-electron chi connectivity index (χ0n) is 17.8. The first-order valence-electron chi connectivity index (χ1n) is 10.4. The Bertz CT molecular complexity index is 932. The van der Waals surface area contributed by atoms with E-state index in [1.54, 1.807) is 0 Å². The van der Waals surface area contributed by atoms with Gasteiger partial charge in [0.2, 0.25) is 0 Å². The second-order valence-corrected chi connectivity index (χ2v) is 8.94. The van der Waals surface area contributed by atoms with Gasteiger partial charge in [-0.1, -0.05) is 74.2 Å². The lowest BCUT2D eigenvalue weighted by molar-refractivity contribution is 0.688. The molecule has 0 amide bonds. The highest BCUT2D eigenvalue weighted by Crippen LogP contribution is 2.42. The zero-order valence-corrected chi connectivity index (χ0v) is 18.6. The lowest BCUT2D eigenvalue weighted by Crippen LogP contribution is -2.20. The van der Waals surface area contributed by atoms with Crippen LogP contribution in [0.5, 0.6) is 0 Å². The van der Waals surface area contributed by atoms with E-state index in [0.29, 0.717) is 5.92 Å². The number of rotatable bonds is 6. The van der Waals surface area contributed by atoms with Gasteiger partial charge in [-0.3, -0.25) is 0 Å². The smallest absolute Gasteiger partial charge is 0.0403 e. The minimum absolute atomic E-state index is 0.369. The Morgan fingerprint density at radius 3 is 2.34 bits per heavy atom. The quantitative estimate of drug-likeness (QED) is 0.523. The summed E-state index contributed by atoms with van der Waals surface area (Å²) in [6.45, 7) is 10.5. The van der Waals surface area contributed by atoms with Crippen LogP contribution in [-0.4, -0.2) is 5.71 Å². The average Bonchev–Trinajstić information content (AvgIpc) is 2.77. The van der Waals surface area contributed by atoms with E-state index in [4.69, 9.17) is 5.41 Å². The number of nitrogens with one attached hydrogen (secondary N) is 1. The van der Waals surface area contributed by atoms with E-state index < -0.39 is 0 Å². The lowest BCUT2D eigenvalue weighted by atomic mass is 9.75. The van der Waals surface area contributed by atoms with Crippen molar-refractivity contribution in [1.29, 1.82) is 5.41 Å². The van der Waals surface area contributed by atoms with Crippen LogP contribution in [0.4, 0.5) is 0 Å². The number of hydrogen-bond acceptors (Lipinski definition) is 2. The molecule has 1 atom stereocenters. The molecule has 1 aliphatic carbocycles. The Morgan fingerprint density at radius 2 is 1.72 bits per heavy atom. The molecule has 150 valence electrons. The van der Waals surface area contributed by atoms with Crippen LogP contribution in [0, 0.1) is 5.41 Å². The van der Waals surface area contributed by atoms with Crippen molar-refractivity contribution < 1.29 is 0 Å². The molecule has 1 N–H and O–H groups in total. The van der Waals surface area contributed by atoms with Gasteiger partial charge in [0.25, 0.3) is 0 Å². The van der Waals surface area contributed by atoms with E-state index in [9.17, 15) is 0 Å². The molecule has 0 aromatic heterocycles. The molecule has 0 heterocycles. The topological polar surface area (TPSA) is 23.9 Å². The number of allylic oxidation sites excluding steroid dienone is 5. The van der Waals surface area contributed by atoms with Gasteiger partial charge in [-0.25, -0.2) is 0 Å². The van der Waals surface area contributed by atoms with Crippen molar-refractivity contribution in [2.24, 2.45) is 0 Å². The van der Waals surface area contributed by atoms with Crippen molar-refractivity contribution >= 4 is 17.5 Å². The Morgan fingerprint density at radius 1 is 1.03 bits per heavy atom. The SMILES string of the molecule is C=C/C(C)=C1\CC(c2ccc(CC)cc2)CC(=N)\C1=C(\C)SCc1ccccc1. The molecule has 29 heavy (non-hydrogen) atoms. The largest absolute Gasteiger partial charge is 0.305 e. The molecular formula is C27H31NS. The molecule has 2 aromatic carbocycles. The molecule has 1 saturated carbocycles. The van der Waals surface area contributed by atoms with E-state index in [1.165, 1.54) is 32.7 Å². The maximum absolute atomic E-state index is 8.88. The molecule has 0 spiro atoms. The van der Waals surface area contributed by atoms with Crippen LogP contribution in [0.1, 0.15) is 56.2 Å². The third kappa shape index (κ3) is 5.19. The van der Waals surface area contributed by atoms with Gasteiger partial charge in [0, 0.05) is 17.0 Å². The number of thioether (sulfide) groups is 1. The zero-order chi connectivity index (χ0) is 20.8. The van der Waals surface area contributed by atoms with E-state index in [-0.39, 0.29) is 0 Å². The molecule has 0 saturated heterocycles. The summed E-state index contributed by atoms with van der Waals surface area (Å²) >= 11 is 1.84. The Labute approximate surface area is 180 Å². The van der Waals surface area contributed by atoms with Crippen LogP contribution in [0.25, 0.3) is 0 Å². The van der Waals surface area contributed by atoms with Crippen molar-refractivity contribution in [2.75, 3.05) is 0 Å². The molecule has 2 aromatic rings. The van der Waals surface area contributed by atoms with Gasteiger partial charge in [0.1, 0.15) is 0 Å². The maximum atomic E-state index is 8.88. The summed E-state index contributed by atoms with van der Waals surface area (Å²) in [5.41, 5.74) is 8.42. The maximum Gasteiger partial charge on any atom is 0.0403 e. The van der Waals surface area contributed by atoms with Crippen LogP contribution >= 0.6 is 11.8 Å². The first kappa shape index (κ1) is 21.4. The molecule has 0 aliphatic heterocycles. The second-order valence-electron chi connectivity index (χ2n) is 7.75. The van der Waals surface area contributed by atoms with Gasteiger partial charge in [0.05, 0.1) is 0 Å². The summed E-state index contributed by atoms with van der Waals surface area (Å²) in [5.74, 6) is 1.31. The predicted molar refractivity (Wildman–Crippen MR) is 129 cm³/mol.